The summed E-state index contributed by atoms with van der Waals surface area (Å²) in [6, 6.07) is 24.1. The van der Waals surface area contributed by atoms with Gasteiger partial charge in [-0.1, -0.05) is 54.1 Å². The Bertz CT molecular complexity index is 1150. The first kappa shape index (κ1) is 20.2. The van der Waals surface area contributed by atoms with Crippen molar-refractivity contribution in [2.24, 2.45) is 0 Å². The second-order valence-electron chi connectivity index (χ2n) is 7.49. The largest absolute Gasteiger partial charge is 0.496 e. The SMILES string of the molecule is COc1ccccc1[C@H]1CC/C1=C/N(c1ccccc1)S(=O)(=O)c1ccc(C)cc1. The van der Waals surface area contributed by atoms with E-state index in [0.717, 1.165) is 35.3 Å². The maximum atomic E-state index is 13.5. The molecular weight excluding hydrogens is 394 g/mol. The molecule has 0 saturated heterocycles. The summed E-state index contributed by atoms with van der Waals surface area (Å²) in [5.74, 6) is 0.987. The Morgan fingerprint density at radius 2 is 1.60 bits per heavy atom. The molecule has 0 N–H and O–H groups in total. The Balaban J connectivity index is 1.77. The van der Waals surface area contributed by atoms with Crippen molar-refractivity contribution in [3.63, 3.8) is 0 Å². The molecule has 4 nitrogen and oxygen atoms in total. The van der Waals surface area contributed by atoms with Gasteiger partial charge in [-0.15, -0.1) is 0 Å². The zero-order valence-corrected chi connectivity index (χ0v) is 18.0. The van der Waals surface area contributed by atoms with Crippen LogP contribution in [0.4, 0.5) is 5.69 Å². The molecule has 0 radical (unpaired) electrons. The van der Waals surface area contributed by atoms with Crippen molar-refractivity contribution in [1.82, 2.24) is 0 Å². The summed E-state index contributed by atoms with van der Waals surface area (Å²) in [6.45, 7) is 1.94. The van der Waals surface area contributed by atoms with Gasteiger partial charge in [0, 0.05) is 17.7 Å². The van der Waals surface area contributed by atoms with E-state index in [-0.39, 0.29) is 10.8 Å². The molecule has 0 aromatic heterocycles. The van der Waals surface area contributed by atoms with Crippen LogP contribution in [0.25, 0.3) is 0 Å². The van der Waals surface area contributed by atoms with E-state index >= 15 is 0 Å². The quantitative estimate of drug-likeness (QED) is 0.518. The number of anilines is 1. The van der Waals surface area contributed by atoms with E-state index in [9.17, 15) is 8.42 Å². The van der Waals surface area contributed by atoms with Crippen LogP contribution in [0.15, 0.2) is 95.5 Å². The number of sulfonamides is 1. The molecule has 0 unspecified atom stereocenters. The summed E-state index contributed by atoms with van der Waals surface area (Å²) in [5, 5.41) is 0. The molecule has 4 rings (SSSR count). The maximum absolute atomic E-state index is 13.5. The summed E-state index contributed by atoms with van der Waals surface area (Å²) in [5.41, 5.74) is 3.82. The molecule has 5 heteroatoms. The molecule has 0 bridgehead atoms. The number of para-hydroxylation sites is 2. The van der Waals surface area contributed by atoms with Gasteiger partial charge in [0.1, 0.15) is 5.75 Å². The fourth-order valence-corrected chi connectivity index (χ4v) is 5.13. The third-order valence-corrected chi connectivity index (χ3v) is 7.26. The van der Waals surface area contributed by atoms with Gasteiger partial charge in [-0.05, 0) is 55.7 Å². The van der Waals surface area contributed by atoms with E-state index in [1.807, 2.05) is 67.6 Å². The normalized spacial score (nSPS) is 17.4. The van der Waals surface area contributed by atoms with Crippen LogP contribution in [-0.4, -0.2) is 15.5 Å². The van der Waals surface area contributed by atoms with E-state index in [0.29, 0.717) is 5.69 Å². The first-order chi connectivity index (χ1) is 14.5. The van der Waals surface area contributed by atoms with Gasteiger partial charge in [-0.3, -0.25) is 0 Å². The monoisotopic (exact) mass is 419 g/mol. The topological polar surface area (TPSA) is 46.6 Å². The van der Waals surface area contributed by atoms with E-state index in [2.05, 4.69) is 6.07 Å². The lowest BCUT2D eigenvalue weighted by atomic mass is 9.75. The molecule has 3 aromatic rings. The van der Waals surface area contributed by atoms with Crippen LogP contribution >= 0.6 is 0 Å². The number of methoxy groups -OCH3 is 1. The number of hydrogen-bond donors (Lipinski definition) is 0. The molecule has 1 saturated carbocycles. The maximum Gasteiger partial charge on any atom is 0.268 e. The number of nitrogens with zero attached hydrogens (tertiary/aromatic N) is 1. The van der Waals surface area contributed by atoms with Gasteiger partial charge in [-0.2, -0.15) is 0 Å². The van der Waals surface area contributed by atoms with Crippen molar-refractivity contribution in [3.8, 4) is 5.75 Å². The Morgan fingerprint density at radius 3 is 2.23 bits per heavy atom. The number of ether oxygens (including phenoxy) is 1. The van der Waals surface area contributed by atoms with Crippen molar-refractivity contribution in [3.05, 3.63) is 102 Å². The average molecular weight is 420 g/mol. The Hall–Kier alpha value is -3.05. The van der Waals surface area contributed by atoms with Gasteiger partial charge in [0.05, 0.1) is 17.7 Å². The molecule has 30 heavy (non-hydrogen) atoms. The Morgan fingerprint density at radius 1 is 0.933 bits per heavy atom. The highest BCUT2D eigenvalue weighted by Crippen LogP contribution is 2.46. The van der Waals surface area contributed by atoms with E-state index in [4.69, 9.17) is 4.74 Å². The lowest BCUT2D eigenvalue weighted by Gasteiger charge is -2.33. The molecule has 1 atom stereocenters. The minimum Gasteiger partial charge on any atom is -0.496 e. The summed E-state index contributed by atoms with van der Waals surface area (Å²) in [4.78, 5) is 0.280. The van der Waals surface area contributed by atoms with Crippen LogP contribution < -0.4 is 9.04 Å². The minimum atomic E-state index is -3.74. The first-order valence-corrected chi connectivity index (χ1v) is 11.4. The van der Waals surface area contributed by atoms with Crippen molar-refractivity contribution in [1.29, 1.82) is 0 Å². The van der Waals surface area contributed by atoms with Crippen LogP contribution in [0, 0.1) is 6.92 Å². The Kier molecular flexibility index (Phi) is 5.64. The molecule has 1 fully saturated rings. The highest BCUT2D eigenvalue weighted by molar-refractivity contribution is 7.93. The number of hydrogen-bond acceptors (Lipinski definition) is 3. The smallest absolute Gasteiger partial charge is 0.268 e. The second kappa shape index (κ2) is 8.36. The van der Waals surface area contributed by atoms with Crippen molar-refractivity contribution in [2.45, 2.75) is 30.6 Å². The van der Waals surface area contributed by atoms with Crippen LogP contribution in [0.2, 0.25) is 0 Å². The third kappa shape index (κ3) is 3.85. The summed E-state index contributed by atoms with van der Waals surface area (Å²) >= 11 is 0. The van der Waals surface area contributed by atoms with Gasteiger partial charge in [0.15, 0.2) is 0 Å². The molecule has 3 aromatic carbocycles. The van der Waals surface area contributed by atoms with Crippen LogP contribution in [0.3, 0.4) is 0 Å². The molecule has 1 aliphatic rings. The number of benzene rings is 3. The van der Waals surface area contributed by atoms with Crippen molar-refractivity contribution >= 4 is 15.7 Å². The number of allylic oxidation sites excluding steroid dienone is 1. The molecule has 0 amide bonds. The fraction of sp³-hybridized carbons (Fsp3) is 0.200. The van der Waals surface area contributed by atoms with Crippen LogP contribution in [0.5, 0.6) is 5.75 Å². The summed E-state index contributed by atoms with van der Waals surface area (Å²) in [7, 11) is -2.07. The molecule has 0 aliphatic heterocycles. The Labute approximate surface area is 178 Å². The highest BCUT2D eigenvalue weighted by atomic mass is 32.2. The first-order valence-electron chi connectivity index (χ1n) is 10.0. The molecule has 154 valence electrons. The number of rotatable bonds is 6. The van der Waals surface area contributed by atoms with Crippen molar-refractivity contribution in [2.75, 3.05) is 11.4 Å². The van der Waals surface area contributed by atoms with Gasteiger partial charge in [-0.25, -0.2) is 12.7 Å². The van der Waals surface area contributed by atoms with E-state index < -0.39 is 10.0 Å². The van der Waals surface area contributed by atoms with E-state index in [1.54, 1.807) is 25.4 Å². The zero-order valence-electron chi connectivity index (χ0n) is 17.2. The standard InChI is InChI=1S/C25H25NO3S/c1-19-12-15-22(16-13-19)30(27,28)26(21-8-4-3-5-9-21)18-20-14-17-23(20)24-10-6-7-11-25(24)29-2/h3-13,15-16,18,23H,14,17H2,1-2H3/b20-18-/t23-/m0/s1. The van der Waals surface area contributed by atoms with E-state index in [1.165, 1.54) is 4.31 Å². The predicted molar refractivity (Wildman–Crippen MR) is 120 cm³/mol. The lowest BCUT2D eigenvalue weighted by Crippen LogP contribution is -2.28. The fourth-order valence-electron chi connectivity index (χ4n) is 3.75. The van der Waals surface area contributed by atoms with Gasteiger partial charge < -0.3 is 4.74 Å². The van der Waals surface area contributed by atoms with Gasteiger partial charge >= 0.3 is 0 Å². The highest BCUT2D eigenvalue weighted by Gasteiger charge is 2.31. The van der Waals surface area contributed by atoms with Gasteiger partial charge in [0.2, 0.25) is 0 Å². The number of aryl methyl sites for hydroxylation is 1. The van der Waals surface area contributed by atoms with Gasteiger partial charge in [0.25, 0.3) is 10.0 Å². The second-order valence-corrected chi connectivity index (χ2v) is 9.30. The molecule has 0 spiro atoms. The zero-order chi connectivity index (χ0) is 21.1. The van der Waals surface area contributed by atoms with Crippen LogP contribution in [0.1, 0.15) is 29.9 Å². The average Bonchev–Trinajstić information content (AvgIpc) is 2.74. The predicted octanol–water partition coefficient (Wildman–Crippen LogP) is 5.66. The third-order valence-electron chi connectivity index (χ3n) is 5.56. The molecule has 0 heterocycles. The summed E-state index contributed by atoms with van der Waals surface area (Å²) in [6.07, 6.45) is 3.63. The van der Waals surface area contributed by atoms with Crippen molar-refractivity contribution < 1.29 is 13.2 Å². The van der Waals surface area contributed by atoms with Crippen LogP contribution in [-0.2, 0) is 10.0 Å². The summed E-state index contributed by atoms with van der Waals surface area (Å²) < 4.78 is 34.0. The molecule has 1 aliphatic carbocycles. The minimum absolute atomic E-state index is 0.153. The lowest BCUT2D eigenvalue weighted by molar-refractivity contribution is 0.401. The molecular formula is C25H25NO3S.